The molecule has 0 spiro atoms. The molecule has 0 saturated carbocycles. The first-order chi connectivity index (χ1) is 16.4. The van der Waals surface area contributed by atoms with Gasteiger partial charge in [-0.15, -0.1) is 0 Å². The van der Waals surface area contributed by atoms with E-state index in [-0.39, 0.29) is 25.0 Å². The zero-order valence-electron chi connectivity index (χ0n) is 19.9. The van der Waals surface area contributed by atoms with Gasteiger partial charge in [0.2, 0.25) is 5.91 Å². The predicted molar refractivity (Wildman–Crippen MR) is 137 cm³/mol. The van der Waals surface area contributed by atoms with Crippen LogP contribution in [-0.2, 0) is 14.3 Å². The smallest absolute Gasteiger partial charge is 0.338 e. The molecule has 176 valence electrons. The van der Waals surface area contributed by atoms with Gasteiger partial charge in [0.25, 0.3) is 0 Å². The van der Waals surface area contributed by atoms with E-state index in [1.165, 1.54) is 11.8 Å². The number of carbonyl (C=O) groups excluding carboxylic acids is 2. The number of esters is 1. The summed E-state index contributed by atoms with van der Waals surface area (Å²) >= 11 is 1.47. The maximum Gasteiger partial charge on any atom is 0.338 e. The molecule has 6 nitrogen and oxygen atoms in total. The molecule has 1 amide bonds. The minimum Gasteiger partial charge on any atom is -0.463 e. The zero-order valence-corrected chi connectivity index (χ0v) is 20.7. The Labute approximate surface area is 204 Å². The van der Waals surface area contributed by atoms with Gasteiger partial charge in [-0.2, -0.15) is 0 Å². The second-order valence-electron chi connectivity index (χ2n) is 8.56. The van der Waals surface area contributed by atoms with Crippen LogP contribution >= 0.6 is 11.8 Å². The topological polar surface area (TPSA) is 71.0 Å². The van der Waals surface area contributed by atoms with Gasteiger partial charge in [0.05, 0.1) is 30.3 Å². The molecule has 0 fully saturated rings. The van der Waals surface area contributed by atoms with Crippen molar-refractivity contribution in [3.63, 3.8) is 0 Å². The van der Waals surface area contributed by atoms with Crippen LogP contribution in [0.25, 0.3) is 5.70 Å². The molecular weight excluding hydrogens is 446 g/mol. The molecule has 0 aromatic heterocycles. The van der Waals surface area contributed by atoms with Gasteiger partial charge in [-0.1, -0.05) is 71.9 Å². The van der Waals surface area contributed by atoms with Crippen molar-refractivity contribution >= 4 is 34.5 Å². The molecule has 1 atom stereocenters. The average Bonchev–Trinajstić information content (AvgIpc) is 3.20. The standard InChI is InChI=1S/C27H29N3O3S/c1-5-33-26(32)23-24(19-11-7-6-8-12-19)29-27-30(25(23)20-13-9-10-18(4)14-20)21(16-34-27)15-22(31)28-17(2)3/h6-14,16-17,25H,5,15H2,1-4H3,(H,28,31)/t25-/m0/s1. The number of rotatable bonds is 7. The molecule has 34 heavy (non-hydrogen) atoms. The van der Waals surface area contributed by atoms with E-state index in [0.717, 1.165) is 27.6 Å². The Balaban J connectivity index is 1.88. The number of hydrogen-bond acceptors (Lipinski definition) is 6. The third-order valence-corrected chi connectivity index (χ3v) is 6.39. The molecule has 0 bridgehead atoms. The zero-order chi connectivity index (χ0) is 24.2. The van der Waals surface area contributed by atoms with Gasteiger partial charge < -0.3 is 15.0 Å². The molecular formula is C27H29N3O3S. The lowest BCUT2D eigenvalue weighted by Crippen LogP contribution is -2.38. The van der Waals surface area contributed by atoms with Crippen LogP contribution in [0.1, 0.15) is 49.9 Å². The van der Waals surface area contributed by atoms with Crippen LogP contribution in [0.2, 0.25) is 0 Å². The van der Waals surface area contributed by atoms with Gasteiger partial charge in [-0.05, 0) is 38.7 Å². The number of thioether (sulfide) groups is 1. The van der Waals surface area contributed by atoms with E-state index in [1.807, 2.05) is 79.6 Å². The number of hydrogen-bond donors (Lipinski definition) is 1. The summed E-state index contributed by atoms with van der Waals surface area (Å²) in [4.78, 5) is 33.0. The number of ether oxygens (including phenoxy) is 1. The normalized spacial score (nSPS) is 17.3. The van der Waals surface area contributed by atoms with E-state index in [9.17, 15) is 9.59 Å². The van der Waals surface area contributed by atoms with Crippen molar-refractivity contribution in [2.24, 2.45) is 4.99 Å². The van der Waals surface area contributed by atoms with Crippen molar-refractivity contribution in [2.75, 3.05) is 6.61 Å². The average molecular weight is 476 g/mol. The van der Waals surface area contributed by atoms with Crippen LogP contribution in [0.3, 0.4) is 0 Å². The highest BCUT2D eigenvalue weighted by Crippen LogP contribution is 2.47. The van der Waals surface area contributed by atoms with Gasteiger partial charge in [-0.25, -0.2) is 9.79 Å². The van der Waals surface area contributed by atoms with Crippen molar-refractivity contribution in [2.45, 2.75) is 46.2 Å². The highest BCUT2D eigenvalue weighted by Gasteiger charge is 2.42. The van der Waals surface area contributed by atoms with E-state index >= 15 is 0 Å². The lowest BCUT2D eigenvalue weighted by atomic mass is 9.90. The summed E-state index contributed by atoms with van der Waals surface area (Å²) in [6, 6.07) is 17.4. The van der Waals surface area contributed by atoms with Crippen molar-refractivity contribution in [1.29, 1.82) is 0 Å². The molecule has 0 saturated heterocycles. The third-order valence-electron chi connectivity index (χ3n) is 5.50. The number of amides is 1. The van der Waals surface area contributed by atoms with Crippen molar-refractivity contribution in [1.82, 2.24) is 10.2 Å². The molecule has 1 N–H and O–H groups in total. The summed E-state index contributed by atoms with van der Waals surface area (Å²) in [5, 5.41) is 5.66. The van der Waals surface area contributed by atoms with Crippen LogP contribution < -0.4 is 5.32 Å². The highest BCUT2D eigenvalue weighted by molar-refractivity contribution is 8.16. The van der Waals surface area contributed by atoms with E-state index < -0.39 is 12.0 Å². The summed E-state index contributed by atoms with van der Waals surface area (Å²) in [6.45, 7) is 7.96. The highest BCUT2D eigenvalue weighted by atomic mass is 32.2. The summed E-state index contributed by atoms with van der Waals surface area (Å²) in [6.07, 6.45) is 0.198. The lowest BCUT2D eigenvalue weighted by Gasteiger charge is -2.37. The summed E-state index contributed by atoms with van der Waals surface area (Å²) < 4.78 is 5.53. The second-order valence-corrected chi connectivity index (χ2v) is 9.39. The third kappa shape index (κ3) is 4.94. The predicted octanol–water partition coefficient (Wildman–Crippen LogP) is 5.19. The Hall–Kier alpha value is -3.32. The van der Waals surface area contributed by atoms with E-state index in [2.05, 4.69) is 11.4 Å². The summed E-state index contributed by atoms with van der Waals surface area (Å²) in [5.74, 6) is -0.472. The first kappa shape index (κ1) is 23.8. The molecule has 2 aromatic rings. The van der Waals surface area contributed by atoms with E-state index in [0.29, 0.717) is 11.3 Å². The van der Waals surface area contributed by atoms with Crippen LogP contribution in [0.15, 0.2) is 76.3 Å². The molecule has 2 aliphatic rings. The minimum absolute atomic E-state index is 0.0453. The van der Waals surface area contributed by atoms with Gasteiger partial charge in [-0.3, -0.25) is 4.79 Å². The number of aliphatic imine (C=N–C) groups is 1. The molecule has 4 rings (SSSR count). The minimum atomic E-state index is -0.463. The lowest BCUT2D eigenvalue weighted by molar-refractivity contribution is -0.139. The number of fused-ring (bicyclic) bond motifs is 1. The van der Waals surface area contributed by atoms with Crippen molar-refractivity contribution < 1.29 is 14.3 Å². The largest absolute Gasteiger partial charge is 0.463 e. The van der Waals surface area contributed by atoms with E-state index in [1.54, 1.807) is 6.92 Å². The van der Waals surface area contributed by atoms with Crippen LogP contribution in [0.4, 0.5) is 0 Å². The number of nitrogens with zero attached hydrogens (tertiary/aromatic N) is 2. The van der Waals surface area contributed by atoms with Crippen molar-refractivity contribution in [3.05, 3.63) is 88.0 Å². The first-order valence-corrected chi connectivity index (χ1v) is 12.3. The second kappa shape index (κ2) is 10.3. The maximum atomic E-state index is 13.4. The molecule has 0 aliphatic carbocycles. The van der Waals surface area contributed by atoms with Crippen LogP contribution in [0.5, 0.6) is 0 Å². The maximum absolute atomic E-state index is 13.4. The fourth-order valence-electron chi connectivity index (χ4n) is 4.18. The Bertz CT molecular complexity index is 1180. The Morgan fingerprint density at radius 1 is 1.15 bits per heavy atom. The van der Waals surface area contributed by atoms with Gasteiger partial charge >= 0.3 is 5.97 Å². The molecule has 2 aliphatic heterocycles. The number of nitrogens with one attached hydrogen (secondary N) is 1. The molecule has 2 aromatic carbocycles. The van der Waals surface area contributed by atoms with Gasteiger partial charge in [0, 0.05) is 17.3 Å². The number of aryl methyl sites for hydroxylation is 1. The Morgan fingerprint density at radius 3 is 2.59 bits per heavy atom. The Kier molecular flexibility index (Phi) is 7.22. The SMILES string of the molecule is CCOC(=O)C1=C(c2ccccc2)N=C2SC=C(CC(=O)NC(C)C)N2[C@H]1c1cccc(C)c1. The molecule has 0 unspecified atom stereocenters. The fourth-order valence-corrected chi connectivity index (χ4v) is 5.10. The monoisotopic (exact) mass is 475 g/mol. The fraction of sp³-hybridized carbons (Fsp3) is 0.296. The van der Waals surface area contributed by atoms with E-state index in [4.69, 9.17) is 9.73 Å². The molecule has 2 heterocycles. The van der Waals surface area contributed by atoms with Gasteiger partial charge in [0.1, 0.15) is 0 Å². The van der Waals surface area contributed by atoms with Crippen LogP contribution in [-0.4, -0.2) is 34.6 Å². The molecule has 7 heteroatoms. The summed E-state index contributed by atoms with van der Waals surface area (Å²) in [7, 11) is 0. The number of carbonyl (C=O) groups is 2. The number of benzene rings is 2. The molecule has 0 radical (unpaired) electrons. The van der Waals surface area contributed by atoms with Gasteiger partial charge in [0.15, 0.2) is 5.17 Å². The Morgan fingerprint density at radius 2 is 1.91 bits per heavy atom. The number of amidine groups is 1. The van der Waals surface area contributed by atoms with Crippen LogP contribution in [0, 0.1) is 6.92 Å². The first-order valence-electron chi connectivity index (χ1n) is 11.4. The van der Waals surface area contributed by atoms with Crippen molar-refractivity contribution in [3.8, 4) is 0 Å². The quantitative estimate of drug-likeness (QED) is 0.559. The summed E-state index contributed by atoms with van der Waals surface area (Å²) in [5.41, 5.74) is 4.76.